The number of ether oxygens (including phenoxy) is 1. The molecule has 0 spiro atoms. The Balaban J connectivity index is 2.01. The first-order valence-electron chi connectivity index (χ1n) is 6.20. The van der Waals surface area contributed by atoms with Crippen molar-refractivity contribution in [1.82, 2.24) is 15.2 Å². The molecule has 2 heterocycles. The monoisotopic (exact) mass is 257 g/mol. The lowest BCUT2D eigenvalue weighted by Gasteiger charge is -2.09. The Labute approximate surface area is 110 Å². The van der Waals surface area contributed by atoms with Gasteiger partial charge in [0.1, 0.15) is 5.84 Å². The lowest BCUT2D eigenvalue weighted by Crippen LogP contribution is -2.14. The predicted octanol–water partition coefficient (Wildman–Crippen LogP) is 1.68. The Bertz CT molecular complexity index is 646. The van der Waals surface area contributed by atoms with Crippen LogP contribution in [0.25, 0.3) is 0 Å². The number of nitrogens with zero attached hydrogens (tertiary/aromatic N) is 2. The minimum absolute atomic E-state index is 0.0375. The van der Waals surface area contributed by atoms with Crippen LogP contribution in [0.1, 0.15) is 28.9 Å². The third kappa shape index (κ3) is 2.16. The Morgan fingerprint density at radius 3 is 2.95 bits per heavy atom. The summed E-state index contributed by atoms with van der Waals surface area (Å²) >= 11 is 0. The molecule has 2 aromatic heterocycles. The molecule has 0 saturated heterocycles. The summed E-state index contributed by atoms with van der Waals surface area (Å²) < 4.78 is 5.64. The molecule has 19 heavy (non-hydrogen) atoms. The molecule has 1 aliphatic carbocycles. The highest BCUT2D eigenvalue weighted by Gasteiger charge is 2.19. The second-order valence-corrected chi connectivity index (χ2v) is 4.71. The molecule has 98 valence electrons. The van der Waals surface area contributed by atoms with Gasteiger partial charge in [-0.1, -0.05) is 0 Å². The van der Waals surface area contributed by atoms with Gasteiger partial charge in [0, 0.05) is 17.5 Å². The van der Waals surface area contributed by atoms with Crippen molar-refractivity contribution in [3.63, 3.8) is 0 Å². The molecule has 0 saturated carbocycles. The maximum atomic E-state index is 7.64. The summed E-state index contributed by atoms with van der Waals surface area (Å²) in [6.45, 7) is 1.89. The number of nitrogens with two attached hydrogens (primary N) is 1. The molecule has 1 aliphatic rings. The molecule has 6 heteroatoms. The van der Waals surface area contributed by atoms with Gasteiger partial charge in [-0.3, -0.25) is 10.5 Å². The minimum Gasteiger partial charge on any atom is -0.418 e. The van der Waals surface area contributed by atoms with Gasteiger partial charge in [-0.05, 0) is 37.8 Å². The standard InChI is InChI=1S/C13H15N5O/c1-7-5-11(18-17-7)19-13-9(12(14)15)6-8-3-2-4-10(8)16-13/h5-6H,2-4H2,1H3,(H3,14,15)(H,17,18). The van der Waals surface area contributed by atoms with Crippen molar-refractivity contribution in [3.8, 4) is 11.8 Å². The van der Waals surface area contributed by atoms with E-state index in [1.807, 2.05) is 13.0 Å². The third-order valence-electron chi connectivity index (χ3n) is 3.19. The van der Waals surface area contributed by atoms with Crippen LogP contribution in [-0.4, -0.2) is 21.0 Å². The van der Waals surface area contributed by atoms with Crippen LogP contribution < -0.4 is 10.5 Å². The lowest BCUT2D eigenvalue weighted by atomic mass is 10.1. The zero-order valence-corrected chi connectivity index (χ0v) is 10.7. The van der Waals surface area contributed by atoms with Crippen molar-refractivity contribution < 1.29 is 4.74 Å². The number of aryl methyl sites for hydroxylation is 3. The average molecular weight is 257 g/mol. The number of amidine groups is 1. The average Bonchev–Trinajstić information content (AvgIpc) is 2.96. The smallest absolute Gasteiger partial charge is 0.240 e. The van der Waals surface area contributed by atoms with E-state index < -0.39 is 0 Å². The number of fused-ring (bicyclic) bond motifs is 1. The predicted molar refractivity (Wildman–Crippen MR) is 70.7 cm³/mol. The van der Waals surface area contributed by atoms with Crippen LogP contribution in [-0.2, 0) is 12.8 Å². The summed E-state index contributed by atoms with van der Waals surface area (Å²) in [5.74, 6) is 0.759. The largest absolute Gasteiger partial charge is 0.418 e. The molecule has 2 aromatic rings. The molecule has 0 aliphatic heterocycles. The van der Waals surface area contributed by atoms with Crippen LogP contribution in [0, 0.1) is 12.3 Å². The van der Waals surface area contributed by atoms with Crippen LogP contribution >= 0.6 is 0 Å². The molecule has 6 nitrogen and oxygen atoms in total. The summed E-state index contributed by atoms with van der Waals surface area (Å²) in [4.78, 5) is 4.48. The molecular formula is C13H15N5O. The maximum absolute atomic E-state index is 7.64. The molecule has 4 N–H and O–H groups in total. The highest BCUT2D eigenvalue weighted by Crippen LogP contribution is 2.28. The van der Waals surface area contributed by atoms with E-state index in [4.69, 9.17) is 15.9 Å². The van der Waals surface area contributed by atoms with Crippen molar-refractivity contribution in [3.05, 3.63) is 34.6 Å². The SMILES string of the molecule is Cc1cc(Oc2nc3c(cc2C(=N)N)CCC3)n[nH]1. The van der Waals surface area contributed by atoms with Crippen molar-refractivity contribution >= 4 is 5.84 Å². The van der Waals surface area contributed by atoms with Gasteiger partial charge < -0.3 is 10.5 Å². The topological polar surface area (TPSA) is 101 Å². The van der Waals surface area contributed by atoms with E-state index in [1.165, 1.54) is 0 Å². The van der Waals surface area contributed by atoms with Crippen molar-refractivity contribution in [2.45, 2.75) is 26.2 Å². The van der Waals surface area contributed by atoms with Gasteiger partial charge in [0.05, 0.1) is 5.56 Å². The number of nitrogen functional groups attached to an aromatic ring is 1. The molecule has 0 aromatic carbocycles. The van der Waals surface area contributed by atoms with Gasteiger partial charge in [0.2, 0.25) is 11.8 Å². The fourth-order valence-electron chi connectivity index (χ4n) is 2.27. The number of hydrogen-bond acceptors (Lipinski definition) is 4. The summed E-state index contributed by atoms with van der Waals surface area (Å²) in [7, 11) is 0. The van der Waals surface area contributed by atoms with Crippen LogP contribution in [0.2, 0.25) is 0 Å². The maximum Gasteiger partial charge on any atom is 0.240 e. The Kier molecular flexibility index (Phi) is 2.70. The van der Waals surface area contributed by atoms with E-state index in [-0.39, 0.29) is 5.84 Å². The zero-order valence-electron chi connectivity index (χ0n) is 10.7. The molecule has 0 unspecified atom stereocenters. The molecule has 0 amide bonds. The summed E-state index contributed by atoms with van der Waals surface area (Å²) in [6.07, 6.45) is 3.03. The first-order chi connectivity index (χ1) is 9.13. The van der Waals surface area contributed by atoms with Crippen LogP contribution in [0.5, 0.6) is 11.8 Å². The van der Waals surface area contributed by atoms with Crippen molar-refractivity contribution in [2.24, 2.45) is 5.73 Å². The van der Waals surface area contributed by atoms with Gasteiger partial charge in [0.25, 0.3) is 0 Å². The number of aromatic nitrogens is 3. The highest BCUT2D eigenvalue weighted by molar-refractivity contribution is 5.97. The number of rotatable bonds is 3. The van der Waals surface area contributed by atoms with Crippen LogP contribution in [0.3, 0.4) is 0 Å². The van der Waals surface area contributed by atoms with Gasteiger partial charge in [0.15, 0.2) is 0 Å². The first kappa shape index (κ1) is 11.7. The molecule has 3 rings (SSSR count). The number of H-pyrrole nitrogens is 1. The molecule has 0 atom stereocenters. The van der Waals surface area contributed by atoms with Crippen molar-refractivity contribution in [2.75, 3.05) is 0 Å². The summed E-state index contributed by atoms with van der Waals surface area (Å²) in [5.41, 5.74) is 9.23. The fraction of sp³-hybridized carbons (Fsp3) is 0.308. The van der Waals surface area contributed by atoms with Gasteiger partial charge >= 0.3 is 0 Å². The number of aromatic amines is 1. The lowest BCUT2D eigenvalue weighted by molar-refractivity contribution is 0.440. The second kappa shape index (κ2) is 4.38. The van der Waals surface area contributed by atoms with E-state index in [9.17, 15) is 0 Å². The number of pyridine rings is 1. The molecule has 0 bridgehead atoms. The van der Waals surface area contributed by atoms with E-state index in [0.717, 1.165) is 36.2 Å². The third-order valence-corrected chi connectivity index (χ3v) is 3.19. The van der Waals surface area contributed by atoms with Crippen molar-refractivity contribution in [1.29, 1.82) is 5.41 Å². The molecule has 0 radical (unpaired) electrons. The zero-order chi connectivity index (χ0) is 13.4. The normalized spacial score (nSPS) is 13.3. The van der Waals surface area contributed by atoms with Crippen LogP contribution in [0.15, 0.2) is 12.1 Å². The fourth-order valence-corrected chi connectivity index (χ4v) is 2.27. The Morgan fingerprint density at radius 1 is 1.42 bits per heavy atom. The Morgan fingerprint density at radius 2 is 2.26 bits per heavy atom. The summed E-state index contributed by atoms with van der Waals surface area (Å²) in [6, 6.07) is 3.69. The number of nitrogens with one attached hydrogen (secondary N) is 2. The minimum atomic E-state index is -0.0375. The first-order valence-corrected chi connectivity index (χ1v) is 6.20. The van der Waals surface area contributed by atoms with E-state index in [0.29, 0.717) is 17.3 Å². The van der Waals surface area contributed by atoms with E-state index in [1.54, 1.807) is 6.07 Å². The molecular weight excluding hydrogens is 242 g/mol. The van der Waals surface area contributed by atoms with Crippen LogP contribution in [0.4, 0.5) is 0 Å². The van der Waals surface area contributed by atoms with Gasteiger partial charge in [-0.2, -0.15) is 0 Å². The Hall–Kier alpha value is -2.37. The molecule has 0 fully saturated rings. The second-order valence-electron chi connectivity index (χ2n) is 4.71. The van der Waals surface area contributed by atoms with Gasteiger partial charge in [-0.15, -0.1) is 5.10 Å². The highest BCUT2D eigenvalue weighted by atomic mass is 16.5. The summed E-state index contributed by atoms with van der Waals surface area (Å²) in [5, 5.41) is 14.4. The quantitative estimate of drug-likeness (QED) is 0.575. The van der Waals surface area contributed by atoms with E-state index >= 15 is 0 Å². The van der Waals surface area contributed by atoms with Gasteiger partial charge in [-0.25, -0.2) is 4.98 Å². The van der Waals surface area contributed by atoms with E-state index in [2.05, 4.69) is 15.2 Å². The number of hydrogen-bond donors (Lipinski definition) is 3.